The van der Waals surface area contributed by atoms with Gasteiger partial charge in [-0.2, -0.15) is 0 Å². The number of hydrogen-bond acceptors (Lipinski definition) is 4. The Hall–Kier alpha value is -1.56. The molecule has 0 aliphatic carbocycles. The van der Waals surface area contributed by atoms with Crippen molar-refractivity contribution in [2.75, 3.05) is 20.2 Å². The van der Waals surface area contributed by atoms with E-state index >= 15 is 0 Å². The Morgan fingerprint density at radius 3 is 2.79 bits per heavy atom. The Kier molecular flexibility index (Phi) is 4.09. The van der Waals surface area contributed by atoms with Crippen LogP contribution in [0.15, 0.2) is 18.3 Å². The van der Waals surface area contributed by atoms with E-state index in [1.165, 1.54) is 13.3 Å². The first-order chi connectivity index (χ1) is 9.02. The summed E-state index contributed by atoms with van der Waals surface area (Å²) in [5.41, 5.74) is 0.960. The minimum Gasteiger partial charge on any atom is -0.464 e. The number of pyridine rings is 1. The fraction of sp³-hybridized carbons (Fsp3) is 0.538. The predicted molar refractivity (Wildman–Crippen MR) is 65.0 cm³/mol. The number of nitrogens with zero attached hydrogens (tertiary/aromatic N) is 2. The minimum absolute atomic E-state index is 0.138. The Bertz CT molecular complexity index is 456. The molecule has 2 rings (SSSR count). The molecule has 0 saturated carbocycles. The van der Waals surface area contributed by atoms with Crippen molar-refractivity contribution in [1.82, 2.24) is 9.88 Å². The molecule has 0 bridgehead atoms. The normalized spacial score (nSPS) is 19.1. The monoisotopic (exact) mass is 270 g/mol. The quantitative estimate of drug-likeness (QED) is 0.789. The standard InChI is InChI=1S/C13H16F2N2O2/c1-19-12(18)11-10(3-2-6-16-11)9-17-7-4-13(14,15)5-8-17/h2-3,6H,4-5,7-9H2,1H3. The Balaban J connectivity index is 2.06. The maximum absolute atomic E-state index is 13.1. The second kappa shape index (κ2) is 5.61. The van der Waals surface area contributed by atoms with Crippen molar-refractivity contribution in [1.29, 1.82) is 0 Å². The highest BCUT2D eigenvalue weighted by Gasteiger charge is 2.34. The lowest BCUT2D eigenvalue weighted by atomic mass is 10.1. The van der Waals surface area contributed by atoms with Crippen molar-refractivity contribution in [3.63, 3.8) is 0 Å². The fourth-order valence-electron chi connectivity index (χ4n) is 2.13. The molecule has 1 saturated heterocycles. The van der Waals surface area contributed by atoms with Crippen LogP contribution in [0, 0.1) is 0 Å². The largest absolute Gasteiger partial charge is 0.464 e. The molecule has 0 aromatic carbocycles. The van der Waals surface area contributed by atoms with E-state index in [0.29, 0.717) is 25.2 Å². The second-order valence-corrected chi connectivity index (χ2v) is 4.63. The van der Waals surface area contributed by atoms with Gasteiger partial charge >= 0.3 is 5.97 Å². The van der Waals surface area contributed by atoms with Crippen molar-refractivity contribution in [3.05, 3.63) is 29.6 Å². The van der Waals surface area contributed by atoms with Gasteiger partial charge in [0.2, 0.25) is 0 Å². The number of likely N-dealkylation sites (tertiary alicyclic amines) is 1. The summed E-state index contributed by atoms with van der Waals surface area (Å²) in [4.78, 5) is 17.5. The van der Waals surface area contributed by atoms with E-state index < -0.39 is 11.9 Å². The lowest BCUT2D eigenvalue weighted by Crippen LogP contribution is -2.39. The van der Waals surface area contributed by atoms with Gasteiger partial charge in [-0.3, -0.25) is 4.90 Å². The van der Waals surface area contributed by atoms with Crippen molar-refractivity contribution >= 4 is 5.97 Å². The van der Waals surface area contributed by atoms with Crippen molar-refractivity contribution < 1.29 is 18.3 Å². The molecular formula is C13H16F2N2O2. The number of piperidine rings is 1. The summed E-state index contributed by atoms with van der Waals surface area (Å²) in [6, 6.07) is 3.49. The van der Waals surface area contributed by atoms with Crippen LogP contribution in [-0.2, 0) is 11.3 Å². The molecule has 0 unspecified atom stereocenters. The molecule has 1 aliphatic heterocycles. The van der Waals surface area contributed by atoms with Gasteiger partial charge in [-0.25, -0.2) is 18.6 Å². The molecule has 1 aliphatic rings. The first kappa shape index (κ1) is 13.9. The fourth-order valence-corrected chi connectivity index (χ4v) is 2.13. The maximum Gasteiger partial charge on any atom is 0.356 e. The molecule has 19 heavy (non-hydrogen) atoms. The van der Waals surface area contributed by atoms with Crippen LogP contribution in [0.3, 0.4) is 0 Å². The highest BCUT2D eigenvalue weighted by molar-refractivity contribution is 5.88. The zero-order valence-corrected chi connectivity index (χ0v) is 10.7. The van der Waals surface area contributed by atoms with E-state index in [0.717, 1.165) is 0 Å². The molecule has 1 aromatic rings. The van der Waals surface area contributed by atoms with Gasteiger partial charge in [0.1, 0.15) is 0 Å². The zero-order valence-electron chi connectivity index (χ0n) is 10.7. The highest BCUT2D eigenvalue weighted by atomic mass is 19.3. The van der Waals surface area contributed by atoms with Crippen molar-refractivity contribution in [3.8, 4) is 0 Å². The van der Waals surface area contributed by atoms with Gasteiger partial charge in [-0.15, -0.1) is 0 Å². The van der Waals surface area contributed by atoms with E-state index in [4.69, 9.17) is 0 Å². The minimum atomic E-state index is -2.56. The number of rotatable bonds is 3. The number of carbonyl (C=O) groups is 1. The van der Waals surface area contributed by atoms with Crippen LogP contribution in [0.5, 0.6) is 0 Å². The first-order valence-electron chi connectivity index (χ1n) is 6.14. The number of ether oxygens (including phenoxy) is 1. The van der Waals surface area contributed by atoms with Crippen LogP contribution in [0.2, 0.25) is 0 Å². The number of methoxy groups -OCH3 is 1. The average Bonchev–Trinajstić information content (AvgIpc) is 2.41. The molecule has 0 radical (unpaired) electrons. The van der Waals surface area contributed by atoms with Crippen molar-refractivity contribution in [2.45, 2.75) is 25.3 Å². The summed E-state index contributed by atoms with van der Waals surface area (Å²) in [6.07, 6.45) is 1.24. The van der Waals surface area contributed by atoms with E-state index in [1.54, 1.807) is 12.1 Å². The molecule has 2 heterocycles. The van der Waals surface area contributed by atoms with Crippen LogP contribution in [-0.4, -0.2) is 42.0 Å². The molecule has 0 N–H and O–H groups in total. The summed E-state index contributed by atoms with van der Waals surface area (Å²) in [5.74, 6) is -3.06. The molecule has 1 aromatic heterocycles. The molecule has 0 amide bonds. The number of carbonyl (C=O) groups excluding carboxylic acids is 1. The second-order valence-electron chi connectivity index (χ2n) is 4.63. The van der Waals surface area contributed by atoms with Crippen LogP contribution < -0.4 is 0 Å². The van der Waals surface area contributed by atoms with Gasteiger partial charge in [-0.05, 0) is 11.6 Å². The Morgan fingerprint density at radius 2 is 2.16 bits per heavy atom. The first-order valence-corrected chi connectivity index (χ1v) is 6.14. The Labute approximate surface area is 110 Å². The molecule has 1 fully saturated rings. The molecule has 4 nitrogen and oxygen atoms in total. The van der Waals surface area contributed by atoms with E-state index in [-0.39, 0.29) is 18.5 Å². The maximum atomic E-state index is 13.1. The van der Waals surface area contributed by atoms with E-state index in [1.807, 2.05) is 4.90 Å². The van der Waals surface area contributed by atoms with Gasteiger partial charge in [0.25, 0.3) is 5.92 Å². The topological polar surface area (TPSA) is 42.4 Å². The number of esters is 1. The summed E-state index contributed by atoms with van der Waals surface area (Å²) in [6.45, 7) is 1.08. The predicted octanol–water partition coefficient (Wildman–Crippen LogP) is 2.10. The van der Waals surface area contributed by atoms with E-state index in [9.17, 15) is 13.6 Å². The summed E-state index contributed by atoms with van der Waals surface area (Å²) >= 11 is 0. The molecular weight excluding hydrogens is 254 g/mol. The zero-order chi connectivity index (χ0) is 13.9. The van der Waals surface area contributed by atoms with Crippen LogP contribution >= 0.6 is 0 Å². The number of alkyl halides is 2. The highest BCUT2D eigenvalue weighted by Crippen LogP contribution is 2.28. The van der Waals surface area contributed by atoms with E-state index in [2.05, 4.69) is 9.72 Å². The number of halogens is 2. The summed E-state index contributed by atoms with van der Waals surface area (Å²) < 4.78 is 30.8. The number of hydrogen-bond donors (Lipinski definition) is 0. The number of aromatic nitrogens is 1. The van der Waals surface area contributed by atoms with Crippen LogP contribution in [0.1, 0.15) is 28.9 Å². The van der Waals surface area contributed by atoms with Gasteiger partial charge in [0, 0.05) is 38.7 Å². The lowest BCUT2D eigenvalue weighted by molar-refractivity contribution is -0.0567. The van der Waals surface area contributed by atoms with Crippen LogP contribution in [0.25, 0.3) is 0 Å². The molecule has 104 valence electrons. The van der Waals surface area contributed by atoms with Crippen molar-refractivity contribution in [2.24, 2.45) is 0 Å². The molecule has 0 spiro atoms. The third kappa shape index (κ3) is 3.47. The Morgan fingerprint density at radius 1 is 1.47 bits per heavy atom. The van der Waals surface area contributed by atoms with Gasteiger partial charge in [0.05, 0.1) is 7.11 Å². The van der Waals surface area contributed by atoms with Gasteiger partial charge in [0.15, 0.2) is 5.69 Å². The molecule has 0 atom stereocenters. The summed E-state index contributed by atoms with van der Waals surface area (Å²) in [7, 11) is 1.29. The smallest absolute Gasteiger partial charge is 0.356 e. The molecule has 6 heteroatoms. The van der Waals surface area contributed by atoms with Gasteiger partial charge < -0.3 is 4.74 Å². The summed E-state index contributed by atoms with van der Waals surface area (Å²) in [5, 5.41) is 0. The third-order valence-corrected chi connectivity index (χ3v) is 3.25. The average molecular weight is 270 g/mol. The van der Waals surface area contributed by atoms with Crippen LogP contribution in [0.4, 0.5) is 8.78 Å². The lowest BCUT2D eigenvalue weighted by Gasteiger charge is -2.31. The third-order valence-electron chi connectivity index (χ3n) is 3.25. The van der Waals surface area contributed by atoms with Gasteiger partial charge in [-0.1, -0.05) is 6.07 Å². The SMILES string of the molecule is COC(=O)c1ncccc1CN1CCC(F)(F)CC1.